The zero-order chi connectivity index (χ0) is 34.2. The summed E-state index contributed by atoms with van der Waals surface area (Å²) in [5.74, 6) is -1.54. The van der Waals surface area contributed by atoms with Gasteiger partial charge in [0.1, 0.15) is 0 Å². The first-order valence-electron chi connectivity index (χ1n) is 15.1. The van der Waals surface area contributed by atoms with E-state index in [4.69, 9.17) is 24.2 Å². The monoisotopic (exact) mass is 634 g/mol. The Morgan fingerprint density at radius 3 is 1.83 bits per heavy atom. The van der Waals surface area contributed by atoms with E-state index in [9.17, 15) is 14.4 Å². The Morgan fingerprint density at radius 1 is 0.723 bits per heavy atom. The standard InChI is InChI=1S/C37H38N4O6/c1-10-22-18(3)26-15-28-20(5)24(12-13-32(42)45-7)35(40-28)25(14-33(43)46-8)36-34(37(44)47-9)21(6)29(41-36)17-31-23(11-2)19(4)27(39-31)16-30(22)38-26/h10-11,15-17,38-39H,1-2,12-14H2,3-9H3. The highest BCUT2D eigenvalue weighted by Crippen LogP contribution is 2.40. The zero-order valence-electron chi connectivity index (χ0n) is 27.8. The molecule has 0 saturated heterocycles. The second kappa shape index (κ2) is 13.1. The van der Waals surface area contributed by atoms with Crippen LogP contribution in [0.2, 0.25) is 0 Å². The molecule has 2 aliphatic heterocycles. The maximum atomic E-state index is 13.4. The van der Waals surface area contributed by atoms with E-state index in [0.29, 0.717) is 28.2 Å². The molecule has 0 amide bonds. The van der Waals surface area contributed by atoms with E-state index >= 15 is 0 Å². The lowest BCUT2D eigenvalue weighted by molar-refractivity contribution is -0.141. The van der Waals surface area contributed by atoms with Gasteiger partial charge in [-0.3, -0.25) is 9.59 Å². The third-order valence-electron chi connectivity index (χ3n) is 8.89. The molecule has 0 unspecified atom stereocenters. The molecule has 0 aromatic carbocycles. The van der Waals surface area contributed by atoms with Gasteiger partial charge in [0.15, 0.2) is 0 Å². The number of esters is 3. The SMILES string of the molecule is C=Cc1c(C)c2cc3[nH]c(cc4nc(c(CC(=O)OC)c5nc(cc1[nH]2)C(C)=C5C(=O)OC)C(CCC(=O)OC)=C4C)c(C)c3C=C. The summed E-state index contributed by atoms with van der Waals surface area (Å²) in [6.07, 6.45) is 3.71. The number of hydrogen-bond donors (Lipinski definition) is 2. The second-order valence-corrected chi connectivity index (χ2v) is 11.4. The largest absolute Gasteiger partial charge is 0.469 e. The van der Waals surface area contributed by atoms with Crippen LogP contribution in [0.5, 0.6) is 0 Å². The number of carbonyl (C=O) groups excluding carboxylic acids is 3. The van der Waals surface area contributed by atoms with Crippen LogP contribution in [0.3, 0.4) is 0 Å². The summed E-state index contributed by atoms with van der Waals surface area (Å²) in [5.41, 5.74) is 11.6. The predicted molar refractivity (Wildman–Crippen MR) is 185 cm³/mol. The van der Waals surface area contributed by atoms with E-state index in [-0.39, 0.29) is 36.5 Å². The highest BCUT2D eigenvalue weighted by atomic mass is 16.5. The third kappa shape index (κ3) is 5.82. The minimum absolute atomic E-state index is 0.0806. The average molecular weight is 635 g/mol. The maximum Gasteiger partial charge on any atom is 0.340 e. The molecule has 8 bridgehead atoms. The Morgan fingerprint density at radius 2 is 1.26 bits per heavy atom. The van der Waals surface area contributed by atoms with Crippen LogP contribution in [0.4, 0.5) is 0 Å². The van der Waals surface area contributed by atoms with Crippen LogP contribution in [0.25, 0.3) is 56.5 Å². The number of methoxy groups -OCH3 is 3. The molecule has 0 fully saturated rings. The van der Waals surface area contributed by atoms with Gasteiger partial charge < -0.3 is 24.2 Å². The first kappa shape index (κ1) is 32.9. The summed E-state index contributed by atoms with van der Waals surface area (Å²) < 4.78 is 15.3. The molecule has 5 heterocycles. The van der Waals surface area contributed by atoms with Crippen molar-refractivity contribution in [2.45, 2.75) is 47.0 Å². The van der Waals surface area contributed by atoms with E-state index in [2.05, 4.69) is 23.1 Å². The summed E-state index contributed by atoms with van der Waals surface area (Å²) in [6, 6.07) is 5.83. The van der Waals surface area contributed by atoms with E-state index in [1.165, 1.54) is 21.3 Å². The smallest absolute Gasteiger partial charge is 0.340 e. The molecule has 10 nitrogen and oxygen atoms in total. The predicted octanol–water partition coefficient (Wildman–Crippen LogP) is 6.92. The number of hydrogen-bond acceptors (Lipinski definition) is 8. The van der Waals surface area contributed by atoms with Gasteiger partial charge in [0, 0.05) is 45.2 Å². The van der Waals surface area contributed by atoms with Gasteiger partial charge in [0.25, 0.3) is 0 Å². The molecule has 3 aromatic rings. The van der Waals surface area contributed by atoms with Crippen molar-refractivity contribution in [3.05, 3.63) is 81.9 Å². The molecule has 2 aliphatic rings. The summed E-state index contributed by atoms with van der Waals surface area (Å²) >= 11 is 0. The topological polar surface area (TPSA) is 136 Å². The lowest BCUT2D eigenvalue weighted by Gasteiger charge is -2.11. The van der Waals surface area contributed by atoms with Gasteiger partial charge in [-0.2, -0.15) is 0 Å². The van der Waals surface area contributed by atoms with Crippen LogP contribution >= 0.6 is 0 Å². The third-order valence-corrected chi connectivity index (χ3v) is 8.89. The number of ether oxygens (including phenoxy) is 3. The van der Waals surface area contributed by atoms with Crippen molar-refractivity contribution in [3.8, 4) is 0 Å². The lowest BCUT2D eigenvalue weighted by Crippen LogP contribution is -2.12. The quantitative estimate of drug-likeness (QED) is 0.201. The van der Waals surface area contributed by atoms with Gasteiger partial charge in [0.05, 0.1) is 56.1 Å². The van der Waals surface area contributed by atoms with Crippen LogP contribution in [0, 0.1) is 13.8 Å². The Bertz CT molecular complexity index is 2110. The van der Waals surface area contributed by atoms with Gasteiger partial charge in [-0.05, 0) is 80.2 Å². The van der Waals surface area contributed by atoms with Gasteiger partial charge in [-0.15, -0.1) is 0 Å². The molecule has 3 aromatic heterocycles. The van der Waals surface area contributed by atoms with Gasteiger partial charge in [-0.25, -0.2) is 14.8 Å². The molecule has 0 atom stereocenters. The van der Waals surface area contributed by atoms with Crippen molar-refractivity contribution in [3.63, 3.8) is 0 Å². The van der Waals surface area contributed by atoms with Crippen LogP contribution in [-0.4, -0.2) is 59.2 Å². The summed E-state index contributed by atoms with van der Waals surface area (Å²) in [4.78, 5) is 55.7. The first-order valence-corrected chi connectivity index (χ1v) is 15.1. The van der Waals surface area contributed by atoms with Gasteiger partial charge in [0.2, 0.25) is 0 Å². The van der Waals surface area contributed by atoms with Crippen molar-refractivity contribution in [1.29, 1.82) is 0 Å². The molecule has 5 rings (SSSR count). The molecule has 0 spiro atoms. The average Bonchev–Trinajstić information content (AvgIpc) is 3.74. The fourth-order valence-electron chi connectivity index (χ4n) is 6.17. The molecule has 0 radical (unpaired) electrons. The van der Waals surface area contributed by atoms with Gasteiger partial charge >= 0.3 is 17.9 Å². The van der Waals surface area contributed by atoms with E-state index in [1.807, 2.05) is 45.0 Å². The maximum absolute atomic E-state index is 13.4. The summed E-state index contributed by atoms with van der Waals surface area (Å²) in [5, 5.41) is 0. The number of nitrogens with one attached hydrogen (secondary N) is 2. The minimum Gasteiger partial charge on any atom is -0.469 e. The fraction of sp³-hybridized carbons (Fsp3) is 0.270. The van der Waals surface area contributed by atoms with Crippen LogP contribution in [-0.2, 0) is 35.0 Å². The Labute approximate surface area is 272 Å². The summed E-state index contributed by atoms with van der Waals surface area (Å²) in [7, 11) is 3.93. The van der Waals surface area contributed by atoms with Crippen LogP contribution in [0.1, 0.15) is 77.3 Å². The number of aromatic amines is 2. The molecule has 47 heavy (non-hydrogen) atoms. The molecular formula is C37H38N4O6. The molecule has 10 heteroatoms. The normalized spacial score (nSPS) is 12.7. The molecular weight excluding hydrogens is 596 g/mol. The van der Waals surface area contributed by atoms with Crippen molar-refractivity contribution in [2.75, 3.05) is 21.3 Å². The molecule has 2 N–H and O–H groups in total. The number of allylic oxidation sites excluding steroid dienone is 3. The second-order valence-electron chi connectivity index (χ2n) is 11.4. The number of aryl methyl sites for hydroxylation is 2. The Balaban J connectivity index is 2.05. The lowest BCUT2D eigenvalue weighted by atomic mass is 9.94. The number of aromatic nitrogens is 4. The number of H-pyrrole nitrogens is 2. The Kier molecular flexibility index (Phi) is 9.15. The van der Waals surface area contributed by atoms with E-state index in [1.54, 1.807) is 13.0 Å². The van der Waals surface area contributed by atoms with Crippen molar-refractivity contribution in [1.82, 2.24) is 19.9 Å². The number of carbonyl (C=O) groups is 3. The number of rotatable bonds is 8. The van der Waals surface area contributed by atoms with Crippen molar-refractivity contribution in [2.24, 2.45) is 0 Å². The van der Waals surface area contributed by atoms with Crippen molar-refractivity contribution < 1.29 is 28.6 Å². The molecule has 242 valence electrons. The van der Waals surface area contributed by atoms with Gasteiger partial charge in [-0.1, -0.05) is 25.3 Å². The number of fused-ring (bicyclic) bond motifs is 8. The van der Waals surface area contributed by atoms with Crippen LogP contribution < -0.4 is 0 Å². The number of nitrogens with zero attached hydrogens (tertiary/aromatic N) is 2. The highest BCUT2D eigenvalue weighted by molar-refractivity contribution is 6.25. The summed E-state index contributed by atoms with van der Waals surface area (Å²) in [6.45, 7) is 15.8. The first-order chi connectivity index (χ1) is 22.5. The van der Waals surface area contributed by atoms with E-state index in [0.717, 1.165) is 55.5 Å². The van der Waals surface area contributed by atoms with Crippen LogP contribution in [0.15, 0.2) is 31.4 Å². The molecule has 0 saturated carbocycles. The highest BCUT2D eigenvalue weighted by Gasteiger charge is 2.31. The zero-order valence-corrected chi connectivity index (χ0v) is 27.8. The fourth-order valence-corrected chi connectivity index (χ4v) is 6.17. The van der Waals surface area contributed by atoms with E-state index < -0.39 is 11.9 Å². The Hall–Kier alpha value is -5.51. The minimum atomic E-state index is -0.608. The molecule has 0 aliphatic carbocycles. The van der Waals surface area contributed by atoms with Crippen molar-refractivity contribution >= 4 is 74.4 Å².